The average Bonchev–Trinajstić information content (AvgIpc) is 3.19. The average molecular weight is 447 g/mol. The van der Waals surface area contributed by atoms with E-state index in [1.165, 1.54) is 12.1 Å². The van der Waals surface area contributed by atoms with Crippen molar-refractivity contribution in [2.45, 2.75) is 44.7 Å². The molecule has 5 rings (SSSR count). The molecule has 0 bridgehead atoms. The predicted molar refractivity (Wildman–Crippen MR) is 124 cm³/mol. The van der Waals surface area contributed by atoms with Crippen LogP contribution in [-0.2, 0) is 16.0 Å². The number of hydrogen-bond acceptors (Lipinski definition) is 4. The highest BCUT2D eigenvalue weighted by Gasteiger charge is 2.48. The Kier molecular flexibility index (Phi) is 5.36. The van der Waals surface area contributed by atoms with Gasteiger partial charge < -0.3 is 14.8 Å². The van der Waals surface area contributed by atoms with Crippen LogP contribution < -0.4 is 0 Å². The van der Waals surface area contributed by atoms with Crippen LogP contribution in [0.1, 0.15) is 49.0 Å². The number of carbonyl (C=O) groups excluding carboxylic acids is 2. The Labute approximate surface area is 191 Å². The maximum atomic E-state index is 13.5. The van der Waals surface area contributed by atoms with Gasteiger partial charge in [-0.05, 0) is 35.7 Å². The molecule has 0 aliphatic carbocycles. The highest BCUT2D eigenvalue weighted by molar-refractivity contribution is 5.97. The van der Waals surface area contributed by atoms with E-state index in [4.69, 9.17) is 0 Å². The van der Waals surface area contributed by atoms with Gasteiger partial charge in [0.2, 0.25) is 11.8 Å². The molecule has 0 spiro atoms. The van der Waals surface area contributed by atoms with E-state index in [2.05, 4.69) is 11.9 Å². The van der Waals surface area contributed by atoms with Crippen LogP contribution in [0.5, 0.6) is 0 Å². The maximum Gasteiger partial charge on any atom is 0.269 e. The minimum absolute atomic E-state index is 0.00822. The van der Waals surface area contributed by atoms with Gasteiger partial charge in [-0.3, -0.25) is 19.7 Å². The van der Waals surface area contributed by atoms with E-state index < -0.39 is 17.0 Å². The van der Waals surface area contributed by atoms with E-state index >= 15 is 0 Å². The van der Waals surface area contributed by atoms with Gasteiger partial charge in [-0.1, -0.05) is 38.0 Å². The Morgan fingerprint density at radius 3 is 2.58 bits per heavy atom. The normalized spacial score (nSPS) is 20.2. The van der Waals surface area contributed by atoms with Crippen LogP contribution in [0.4, 0.5) is 5.69 Å². The molecule has 2 aliphatic rings. The third-order valence-corrected chi connectivity index (χ3v) is 6.79. The van der Waals surface area contributed by atoms with Crippen LogP contribution in [0.2, 0.25) is 0 Å². The number of nitrogens with zero attached hydrogens (tertiary/aromatic N) is 3. The summed E-state index contributed by atoms with van der Waals surface area (Å²) in [4.78, 5) is 44.5. The second-order valence-corrected chi connectivity index (χ2v) is 8.80. The van der Waals surface area contributed by atoms with E-state index in [0.717, 1.165) is 47.0 Å². The summed E-state index contributed by atoms with van der Waals surface area (Å²) in [6.07, 6.45) is 3.40. The van der Waals surface area contributed by atoms with Crippen LogP contribution in [0.3, 0.4) is 0 Å². The van der Waals surface area contributed by atoms with E-state index in [1.54, 1.807) is 21.9 Å². The molecule has 3 heterocycles. The van der Waals surface area contributed by atoms with Crippen molar-refractivity contribution in [3.8, 4) is 0 Å². The Balaban J connectivity index is 1.60. The zero-order valence-corrected chi connectivity index (χ0v) is 18.5. The first kappa shape index (κ1) is 21.2. The summed E-state index contributed by atoms with van der Waals surface area (Å²) in [6.45, 7) is 2.77. The number of aromatic amines is 1. The lowest BCUT2D eigenvalue weighted by Gasteiger charge is -2.47. The van der Waals surface area contributed by atoms with E-state index in [1.807, 2.05) is 24.3 Å². The van der Waals surface area contributed by atoms with Crippen LogP contribution in [0.25, 0.3) is 10.9 Å². The molecule has 8 nitrogen and oxygen atoms in total. The topological polar surface area (TPSA) is 99.6 Å². The van der Waals surface area contributed by atoms with Gasteiger partial charge in [0.15, 0.2) is 0 Å². The maximum absolute atomic E-state index is 13.5. The number of piperazine rings is 1. The summed E-state index contributed by atoms with van der Waals surface area (Å²) in [6, 6.07) is 13.1. The summed E-state index contributed by atoms with van der Waals surface area (Å²) < 4.78 is 0. The van der Waals surface area contributed by atoms with Gasteiger partial charge in [-0.25, -0.2) is 0 Å². The van der Waals surface area contributed by atoms with Crippen molar-refractivity contribution >= 4 is 28.4 Å². The van der Waals surface area contributed by atoms with E-state index in [9.17, 15) is 19.7 Å². The number of nitrogens with one attached hydrogen (secondary N) is 1. The van der Waals surface area contributed by atoms with Gasteiger partial charge in [0.05, 0.1) is 17.5 Å². The van der Waals surface area contributed by atoms with Gasteiger partial charge >= 0.3 is 0 Å². The molecule has 1 fully saturated rings. The summed E-state index contributed by atoms with van der Waals surface area (Å²) in [5, 5.41) is 12.2. The molecule has 0 radical (unpaired) electrons. The molecule has 2 aromatic carbocycles. The second kappa shape index (κ2) is 8.35. The molecule has 3 aromatic rings. The standard InChI is InChI=1S/C25H26N4O4/c1-2-3-6-13-27-15-22(30)28-21(25(27)31)14-19-18-7-4-5-8-20(18)26-23(19)24(28)16-9-11-17(12-10-16)29(32)33/h4-5,7-12,21,24,26H,2-3,6,13-15H2,1H3. The quantitative estimate of drug-likeness (QED) is 0.352. The third kappa shape index (κ3) is 3.55. The minimum Gasteiger partial charge on any atom is -0.356 e. The lowest BCUT2D eigenvalue weighted by molar-refractivity contribution is -0.384. The van der Waals surface area contributed by atoms with E-state index in [0.29, 0.717) is 13.0 Å². The molecule has 2 amide bonds. The van der Waals surface area contributed by atoms with Gasteiger partial charge in [0.25, 0.3) is 5.69 Å². The molecule has 8 heteroatoms. The molecule has 33 heavy (non-hydrogen) atoms. The Hall–Kier alpha value is -3.68. The fraction of sp³-hybridized carbons (Fsp3) is 0.360. The van der Waals surface area contributed by atoms with Crippen molar-refractivity contribution < 1.29 is 14.5 Å². The molecule has 2 atom stereocenters. The highest BCUT2D eigenvalue weighted by Crippen LogP contribution is 2.42. The molecule has 1 N–H and O–H groups in total. The molecule has 0 saturated carbocycles. The lowest BCUT2D eigenvalue weighted by Crippen LogP contribution is -2.63. The predicted octanol–water partition coefficient (Wildman–Crippen LogP) is 3.95. The molecule has 1 aromatic heterocycles. The lowest BCUT2D eigenvalue weighted by atomic mass is 9.86. The largest absolute Gasteiger partial charge is 0.356 e. The molecule has 2 aliphatic heterocycles. The Morgan fingerprint density at radius 1 is 1.09 bits per heavy atom. The molecular weight excluding hydrogens is 420 g/mol. The van der Waals surface area contributed by atoms with Crippen molar-refractivity contribution in [2.75, 3.05) is 13.1 Å². The number of H-pyrrole nitrogens is 1. The molecular formula is C25H26N4O4. The number of hydrogen-bond donors (Lipinski definition) is 1. The first-order chi connectivity index (χ1) is 16.0. The number of amides is 2. The van der Waals surface area contributed by atoms with Gasteiger partial charge in [-0.2, -0.15) is 0 Å². The summed E-state index contributed by atoms with van der Waals surface area (Å²) in [5.41, 5.74) is 3.60. The first-order valence-electron chi connectivity index (χ1n) is 11.4. The molecule has 170 valence electrons. The fourth-order valence-electron chi connectivity index (χ4n) is 5.19. The summed E-state index contributed by atoms with van der Waals surface area (Å²) in [7, 11) is 0. The first-order valence-corrected chi connectivity index (χ1v) is 11.4. The van der Waals surface area contributed by atoms with Crippen molar-refractivity contribution in [1.29, 1.82) is 0 Å². The van der Waals surface area contributed by atoms with Gasteiger partial charge in [0.1, 0.15) is 6.04 Å². The number of nitro groups is 1. The van der Waals surface area contributed by atoms with E-state index in [-0.39, 0.29) is 24.0 Å². The SMILES string of the molecule is CCCCCN1CC(=O)N2C(Cc3c([nH]c4ccccc34)C2c2ccc([N+](=O)[O-])cc2)C1=O. The molecule has 1 saturated heterocycles. The van der Waals surface area contributed by atoms with Crippen molar-refractivity contribution in [2.24, 2.45) is 0 Å². The van der Waals surface area contributed by atoms with Crippen LogP contribution in [0.15, 0.2) is 48.5 Å². The van der Waals surface area contributed by atoms with Crippen molar-refractivity contribution in [1.82, 2.24) is 14.8 Å². The number of aromatic nitrogens is 1. The zero-order valence-electron chi connectivity index (χ0n) is 18.5. The fourth-order valence-corrected chi connectivity index (χ4v) is 5.19. The highest BCUT2D eigenvalue weighted by atomic mass is 16.6. The molecule has 2 unspecified atom stereocenters. The second-order valence-electron chi connectivity index (χ2n) is 8.80. The van der Waals surface area contributed by atoms with Crippen molar-refractivity contribution in [3.63, 3.8) is 0 Å². The van der Waals surface area contributed by atoms with Gasteiger partial charge in [0, 0.05) is 41.7 Å². The third-order valence-electron chi connectivity index (χ3n) is 6.79. The number of fused-ring (bicyclic) bond motifs is 4. The summed E-state index contributed by atoms with van der Waals surface area (Å²) >= 11 is 0. The van der Waals surface area contributed by atoms with Crippen LogP contribution >= 0.6 is 0 Å². The van der Waals surface area contributed by atoms with Crippen molar-refractivity contribution in [3.05, 3.63) is 75.5 Å². The Morgan fingerprint density at radius 2 is 1.85 bits per heavy atom. The number of unbranched alkanes of at least 4 members (excludes halogenated alkanes) is 2. The number of carbonyl (C=O) groups is 2. The smallest absolute Gasteiger partial charge is 0.269 e. The van der Waals surface area contributed by atoms with Crippen LogP contribution in [-0.4, -0.2) is 50.7 Å². The van der Waals surface area contributed by atoms with Gasteiger partial charge in [-0.15, -0.1) is 0 Å². The number of rotatable bonds is 6. The number of nitro benzene ring substituents is 1. The Bertz CT molecular complexity index is 1230. The minimum atomic E-state index is -0.584. The zero-order chi connectivity index (χ0) is 23.1. The monoisotopic (exact) mass is 446 g/mol. The van der Waals surface area contributed by atoms with Crippen LogP contribution in [0, 0.1) is 10.1 Å². The number of para-hydroxylation sites is 1. The number of non-ortho nitro benzene ring substituents is 1. The number of benzene rings is 2. The summed E-state index contributed by atoms with van der Waals surface area (Å²) in [5.74, 6) is -0.114.